The summed E-state index contributed by atoms with van der Waals surface area (Å²) in [4.78, 5) is 13.6. The fraction of sp³-hybridized carbons (Fsp3) is 0.909. The summed E-state index contributed by atoms with van der Waals surface area (Å²) in [6.45, 7) is 5.54. The Morgan fingerprint density at radius 1 is 1.50 bits per heavy atom. The zero-order valence-electron chi connectivity index (χ0n) is 9.74. The summed E-state index contributed by atoms with van der Waals surface area (Å²) in [6.07, 6.45) is 1.14. The van der Waals surface area contributed by atoms with Gasteiger partial charge in [0, 0.05) is 25.0 Å². The van der Waals surface area contributed by atoms with E-state index in [0.717, 1.165) is 13.2 Å². The number of hydrogen-bond acceptors (Lipinski definition) is 3. The topological polar surface area (TPSA) is 61.8 Å². The van der Waals surface area contributed by atoms with Gasteiger partial charge < -0.3 is 20.1 Å². The van der Waals surface area contributed by atoms with E-state index in [9.17, 15) is 9.90 Å². The lowest BCUT2D eigenvalue weighted by Crippen LogP contribution is -2.52. The summed E-state index contributed by atoms with van der Waals surface area (Å²) in [5.74, 6) is 0. The highest BCUT2D eigenvalue weighted by atomic mass is 16.5. The van der Waals surface area contributed by atoms with Gasteiger partial charge in [0.2, 0.25) is 0 Å². The van der Waals surface area contributed by atoms with E-state index in [1.165, 1.54) is 0 Å². The van der Waals surface area contributed by atoms with Gasteiger partial charge in [-0.15, -0.1) is 0 Å². The van der Waals surface area contributed by atoms with E-state index in [4.69, 9.17) is 4.74 Å². The first kappa shape index (κ1) is 11.7. The number of rotatable bonds is 2. The van der Waals surface area contributed by atoms with Crippen molar-refractivity contribution in [2.45, 2.75) is 25.9 Å². The number of likely N-dealkylation sites (tertiary alicyclic amines) is 1. The average Bonchev–Trinajstić information content (AvgIpc) is 2.24. The van der Waals surface area contributed by atoms with E-state index in [-0.39, 0.29) is 17.6 Å². The maximum Gasteiger partial charge on any atom is 0.317 e. The van der Waals surface area contributed by atoms with Crippen LogP contribution < -0.4 is 5.32 Å². The van der Waals surface area contributed by atoms with E-state index in [0.29, 0.717) is 32.5 Å². The number of piperidine rings is 1. The molecule has 2 rings (SSSR count). The summed E-state index contributed by atoms with van der Waals surface area (Å²) in [5, 5.41) is 12.3. The van der Waals surface area contributed by atoms with Crippen molar-refractivity contribution >= 4 is 6.03 Å². The maximum atomic E-state index is 11.8. The molecule has 0 aromatic rings. The van der Waals surface area contributed by atoms with Gasteiger partial charge in [0.25, 0.3) is 0 Å². The molecule has 2 N–H and O–H groups in total. The van der Waals surface area contributed by atoms with Crippen LogP contribution in [0.25, 0.3) is 0 Å². The standard InChI is InChI=1S/C11H20N2O3/c1-11(7-16-8-11)6-12-10(15)13-4-2-9(14)3-5-13/h9,14H,2-8H2,1H3,(H,12,15). The van der Waals surface area contributed by atoms with Crippen LogP contribution in [0.2, 0.25) is 0 Å². The van der Waals surface area contributed by atoms with Gasteiger partial charge in [0.05, 0.1) is 19.3 Å². The van der Waals surface area contributed by atoms with Gasteiger partial charge >= 0.3 is 6.03 Å². The predicted molar refractivity (Wildman–Crippen MR) is 59.1 cm³/mol. The highest BCUT2D eigenvalue weighted by molar-refractivity contribution is 5.74. The fourth-order valence-electron chi connectivity index (χ4n) is 2.02. The van der Waals surface area contributed by atoms with Gasteiger partial charge in [0.15, 0.2) is 0 Å². The second kappa shape index (κ2) is 4.59. The molecule has 92 valence electrons. The molecule has 0 saturated carbocycles. The molecule has 0 radical (unpaired) electrons. The highest BCUT2D eigenvalue weighted by Crippen LogP contribution is 2.25. The van der Waals surface area contributed by atoms with E-state index < -0.39 is 0 Å². The minimum atomic E-state index is -0.235. The van der Waals surface area contributed by atoms with Crippen molar-refractivity contribution in [2.24, 2.45) is 5.41 Å². The third-order valence-corrected chi connectivity index (χ3v) is 3.32. The second-order valence-electron chi connectivity index (χ2n) is 5.18. The van der Waals surface area contributed by atoms with Crippen LogP contribution in [-0.2, 0) is 4.74 Å². The molecule has 0 aliphatic carbocycles. The van der Waals surface area contributed by atoms with Gasteiger partial charge in [-0.25, -0.2) is 4.79 Å². The first-order valence-electron chi connectivity index (χ1n) is 5.88. The summed E-state index contributed by atoms with van der Waals surface area (Å²) in [7, 11) is 0. The second-order valence-corrected chi connectivity index (χ2v) is 5.18. The Balaban J connectivity index is 1.71. The van der Waals surface area contributed by atoms with Gasteiger partial charge in [0.1, 0.15) is 0 Å². The summed E-state index contributed by atoms with van der Waals surface area (Å²) in [6, 6.07) is -0.0139. The Hall–Kier alpha value is -0.810. The molecule has 2 saturated heterocycles. The summed E-state index contributed by atoms with van der Waals surface area (Å²) < 4.78 is 5.13. The number of urea groups is 1. The molecule has 2 fully saturated rings. The van der Waals surface area contributed by atoms with E-state index in [1.54, 1.807) is 4.90 Å². The van der Waals surface area contributed by atoms with E-state index in [2.05, 4.69) is 12.2 Å². The monoisotopic (exact) mass is 228 g/mol. The molecule has 5 heteroatoms. The molecule has 0 aromatic heterocycles. The Labute approximate surface area is 95.8 Å². The van der Waals surface area contributed by atoms with Crippen LogP contribution >= 0.6 is 0 Å². The smallest absolute Gasteiger partial charge is 0.317 e. The number of nitrogens with zero attached hydrogens (tertiary/aromatic N) is 1. The van der Waals surface area contributed by atoms with Crippen LogP contribution in [0.1, 0.15) is 19.8 Å². The molecule has 2 heterocycles. The largest absolute Gasteiger partial charge is 0.393 e. The first-order valence-corrected chi connectivity index (χ1v) is 5.88. The van der Waals surface area contributed by atoms with Crippen LogP contribution in [-0.4, -0.2) is 55.0 Å². The SMILES string of the molecule is CC1(CNC(=O)N2CCC(O)CC2)COC1. The highest BCUT2D eigenvalue weighted by Gasteiger charge is 2.34. The quantitative estimate of drug-likeness (QED) is 0.709. The molecular formula is C11H20N2O3. The molecular weight excluding hydrogens is 208 g/mol. The zero-order valence-corrected chi connectivity index (χ0v) is 9.74. The Bertz CT molecular complexity index is 258. The fourth-order valence-corrected chi connectivity index (χ4v) is 2.02. The van der Waals surface area contributed by atoms with Crippen molar-refractivity contribution < 1.29 is 14.6 Å². The summed E-state index contributed by atoms with van der Waals surface area (Å²) >= 11 is 0. The molecule has 0 aromatic carbocycles. The van der Waals surface area contributed by atoms with Crippen LogP contribution in [0, 0.1) is 5.41 Å². The number of aliphatic hydroxyl groups is 1. The van der Waals surface area contributed by atoms with Crippen LogP contribution in [0.15, 0.2) is 0 Å². The molecule has 2 amide bonds. The molecule has 2 aliphatic rings. The molecule has 0 spiro atoms. The van der Waals surface area contributed by atoms with Crippen molar-refractivity contribution in [3.05, 3.63) is 0 Å². The van der Waals surface area contributed by atoms with Crippen molar-refractivity contribution in [2.75, 3.05) is 32.8 Å². The van der Waals surface area contributed by atoms with Crippen LogP contribution in [0.4, 0.5) is 4.79 Å². The Morgan fingerprint density at radius 3 is 2.62 bits per heavy atom. The number of amides is 2. The molecule has 2 aliphatic heterocycles. The molecule has 0 atom stereocenters. The van der Waals surface area contributed by atoms with Crippen molar-refractivity contribution in [3.8, 4) is 0 Å². The number of carbonyl (C=O) groups excluding carboxylic acids is 1. The molecule has 5 nitrogen and oxygen atoms in total. The Morgan fingerprint density at radius 2 is 2.12 bits per heavy atom. The van der Waals surface area contributed by atoms with Crippen LogP contribution in [0.3, 0.4) is 0 Å². The lowest BCUT2D eigenvalue weighted by Gasteiger charge is -2.39. The Kier molecular flexibility index (Phi) is 3.35. The molecule has 0 bridgehead atoms. The van der Waals surface area contributed by atoms with Gasteiger partial charge in [-0.3, -0.25) is 0 Å². The van der Waals surface area contributed by atoms with Crippen molar-refractivity contribution in [1.29, 1.82) is 0 Å². The number of carbonyl (C=O) groups is 1. The third kappa shape index (κ3) is 2.65. The average molecular weight is 228 g/mol. The minimum absolute atomic E-state index is 0.0139. The number of aliphatic hydroxyl groups excluding tert-OH is 1. The minimum Gasteiger partial charge on any atom is -0.393 e. The maximum absolute atomic E-state index is 11.8. The van der Waals surface area contributed by atoms with E-state index >= 15 is 0 Å². The normalized spacial score (nSPS) is 25.0. The molecule has 16 heavy (non-hydrogen) atoms. The first-order chi connectivity index (χ1) is 7.59. The summed E-state index contributed by atoms with van der Waals surface area (Å²) in [5.41, 5.74) is 0.116. The van der Waals surface area contributed by atoms with E-state index in [1.807, 2.05) is 0 Å². The lowest BCUT2D eigenvalue weighted by atomic mass is 9.89. The zero-order chi connectivity index (χ0) is 11.6. The van der Waals surface area contributed by atoms with Gasteiger partial charge in [-0.1, -0.05) is 6.92 Å². The number of nitrogens with one attached hydrogen (secondary N) is 1. The van der Waals surface area contributed by atoms with Gasteiger partial charge in [-0.05, 0) is 12.8 Å². The third-order valence-electron chi connectivity index (χ3n) is 3.32. The van der Waals surface area contributed by atoms with Crippen molar-refractivity contribution in [1.82, 2.24) is 10.2 Å². The lowest BCUT2D eigenvalue weighted by molar-refractivity contribution is -0.0979. The number of ether oxygens (including phenoxy) is 1. The van der Waals surface area contributed by atoms with Gasteiger partial charge in [-0.2, -0.15) is 0 Å². The predicted octanol–water partition coefficient (Wildman–Crippen LogP) is 0.189. The molecule has 0 unspecified atom stereocenters. The van der Waals surface area contributed by atoms with Crippen LogP contribution in [0.5, 0.6) is 0 Å². The van der Waals surface area contributed by atoms with Crippen molar-refractivity contribution in [3.63, 3.8) is 0 Å². The number of hydrogen-bond donors (Lipinski definition) is 2.